The first-order valence-electron chi connectivity index (χ1n) is 11.5. The Bertz CT molecular complexity index is 611. The molecule has 0 amide bonds. The average Bonchev–Trinajstić information content (AvgIpc) is 3.57. The summed E-state index contributed by atoms with van der Waals surface area (Å²) in [4.78, 5) is 0. The Morgan fingerprint density at radius 3 is 1.78 bits per heavy atom. The maximum Gasteiger partial charge on any atom is 0.119 e. The molecule has 1 aromatic rings. The van der Waals surface area contributed by atoms with Crippen LogP contribution in [0.2, 0.25) is 0 Å². The molecule has 0 spiro atoms. The molecule has 2 heteroatoms. The van der Waals surface area contributed by atoms with E-state index in [1.54, 1.807) is 0 Å². The molecule has 0 heterocycles. The van der Waals surface area contributed by atoms with Gasteiger partial charge in [0.05, 0.1) is 0 Å². The lowest BCUT2D eigenvalue weighted by atomic mass is 9.94. The number of benzene rings is 1. The third-order valence-corrected chi connectivity index (χ3v) is 7.47. The number of hydrogen-bond donors (Lipinski definition) is 2. The lowest BCUT2D eigenvalue weighted by molar-refractivity contribution is 0.419. The zero-order valence-corrected chi connectivity index (χ0v) is 17.7. The predicted octanol–water partition coefficient (Wildman–Crippen LogP) is 7.29. The van der Waals surface area contributed by atoms with E-state index in [-0.39, 0.29) is 0 Å². The minimum Gasteiger partial charge on any atom is -0.508 e. The van der Waals surface area contributed by atoms with Crippen LogP contribution in [0, 0.1) is 10.8 Å². The van der Waals surface area contributed by atoms with Gasteiger partial charge in [0, 0.05) is 0 Å². The Morgan fingerprint density at radius 2 is 1.26 bits per heavy atom. The van der Waals surface area contributed by atoms with Crippen LogP contribution in [-0.4, -0.2) is 10.2 Å². The van der Waals surface area contributed by atoms with Crippen LogP contribution in [0.4, 0.5) is 0 Å². The Balaban J connectivity index is 1.34. The van der Waals surface area contributed by atoms with Crippen LogP contribution < -0.4 is 0 Å². The quantitative estimate of drug-likeness (QED) is 0.282. The molecular formula is C25H40O2. The first kappa shape index (κ1) is 20.6. The molecule has 0 unspecified atom stereocenters. The second-order valence-electron chi connectivity index (χ2n) is 9.90. The second kappa shape index (κ2) is 8.88. The number of rotatable bonds is 13. The van der Waals surface area contributed by atoms with E-state index >= 15 is 0 Å². The summed E-state index contributed by atoms with van der Waals surface area (Å²) < 4.78 is 0. The van der Waals surface area contributed by atoms with Crippen molar-refractivity contribution >= 4 is 0 Å². The summed E-state index contributed by atoms with van der Waals surface area (Å²) in [6.07, 6.45) is 18.8. The van der Waals surface area contributed by atoms with Crippen LogP contribution in [0.25, 0.3) is 0 Å². The van der Waals surface area contributed by atoms with Crippen LogP contribution in [-0.2, 0) is 12.8 Å². The molecule has 0 saturated heterocycles. The fourth-order valence-electron chi connectivity index (χ4n) is 4.52. The fourth-order valence-corrected chi connectivity index (χ4v) is 4.52. The van der Waals surface area contributed by atoms with E-state index in [4.69, 9.17) is 0 Å². The fraction of sp³-hybridized carbons (Fsp3) is 0.760. The van der Waals surface area contributed by atoms with Crippen molar-refractivity contribution in [1.29, 1.82) is 0 Å². The van der Waals surface area contributed by atoms with Gasteiger partial charge in [-0.2, -0.15) is 0 Å². The van der Waals surface area contributed by atoms with Gasteiger partial charge in [-0.1, -0.05) is 46.0 Å². The highest BCUT2D eigenvalue weighted by molar-refractivity contribution is 5.45. The van der Waals surface area contributed by atoms with E-state index in [2.05, 4.69) is 13.8 Å². The zero-order valence-electron chi connectivity index (χ0n) is 17.7. The zero-order chi connectivity index (χ0) is 19.3. The highest BCUT2D eigenvalue weighted by atomic mass is 16.3. The topological polar surface area (TPSA) is 40.5 Å². The molecule has 152 valence electrons. The smallest absolute Gasteiger partial charge is 0.119 e. The van der Waals surface area contributed by atoms with Crippen LogP contribution in [0.5, 0.6) is 11.5 Å². The van der Waals surface area contributed by atoms with Crippen molar-refractivity contribution < 1.29 is 10.2 Å². The van der Waals surface area contributed by atoms with E-state index in [1.807, 2.05) is 12.1 Å². The molecule has 0 atom stereocenters. The molecule has 3 rings (SSSR count). The molecule has 0 bridgehead atoms. The lowest BCUT2D eigenvalue weighted by Crippen LogP contribution is -1.97. The van der Waals surface area contributed by atoms with Crippen LogP contribution in [0.3, 0.4) is 0 Å². The summed E-state index contributed by atoms with van der Waals surface area (Å²) in [5, 5.41) is 20.7. The molecule has 2 saturated carbocycles. The van der Waals surface area contributed by atoms with E-state index in [9.17, 15) is 10.2 Å². The number of unbranched alkanes of at least 4 members (excludes halogenated alkanes) is 4. The van der Waals surface area contributed by atoms with Gasteiger partial charge in [0.2, 0.25) is 0 Å². The van der Waals surface area contributed by atoms with Gasteiger partial charge < -0.3 is 10.2 Å². The van der Waals surface area contributed by atoms with Crippen molar-refractivity contribution in [2.45, 2.75) is 110 Å². The Morgan fingerprint density at radius 1 is 0.741 bits per heavy atom. The van der Waals surface area contributed by atoms with Crippen molar-refractivity contribution in [1.82, 2.24) is 0 Å². The Kier molecular flexibility index (Phi) is 6.76. The van der Waals surface area contributed by atoms with Gasteiger partial charge in [0.25, 0.3) is 0 Å². The van der Waals surface area contributed by atoms with Gasteiger partial charge >= 0.3 is 0 Å². The monoisotopic (exact) mass is 372 g/mol. The van der Waals surface area contributed by atoms with Crippen LogP contribution in [0.1, 0.15) is 108 Å². The van der Waals surface area contributed by atoms with E-state index in [1.165, 1.54) is 70.6 Å². The minimum atomic E-state index is 0.374. The lowest BCUT2D eigenvalue weighted by Gasteiger charge is -2.12. The first-order chi connectivity index (χ1) is 13.0. The van der Waals surface area contributed by atoms with Gasteiger partial charge in [0.15, 0.2) is 0 Å². The van der Waals surface area contributed by atoms with Gasteiger partial charge in [-0.3, -0.25) is 0 Å². The summed E-state index contributed by atoms with van der Waals surface area (Å²) in [7, 11) is 0. The van der Waals surface area contributed by atoms with Crippen LogP contribution in [0.15, 0.2) is 12.1 Å². The highest BCUT2D eigenvalue weighted by Gasteiger charge is 2.39. The molecule has 0 aromatic heterocycles. The molecule has 2 nitrogen and oxygen atoms in total. The van der Waals surface area contributed by atoms with Crippen molar-refractivity contribution in [3.63, 3.8) is 0 Å². The third-order valence-electron chi connectivity index (χ3n) is 7.47. The second-order valence-corrected chi connectivity index (χ2v) is 9.90. The number of aromatic hydroxyl groups is 2. The normalized spacial score (nSPS) is 19.2. The Hall–Kier alpha value is -1.18. The molecule has 0 aliphatic heterocycles. The molecule has 2 aliphatic carbocycles. The largest absolute Gasteiger partial charge is 0.508 e. The third kappa shape index (κ3) is 6.16. The van der Waals surface area contributed by atoms with Crippen molar-refractivity contribution in [3.05, 3.63) is 23.3 Å². The summed E-state index contributed by atoms with van der Waals surface area (Å²) in [6.45, 7) is 4.71. The average molecular weight is 373 g/mol. The van der Waals surface area contributed by atoms with Crippen LogP contribution >= 0.6 is 0 Å². The Labute approximate surface area is 166 Å². The summed E-state index contributed by atoms with van der Waals surface area (Å²) in [6, 6.07) is 3.62. The van der Waals surface area contributed by atoms with Crippen molar-refractivity contribution in [2.24, 2.45) is 10.8 Å². The molecule has 2 fully saturated rings. The maximum atomic E-state index is 10.4. The standard InChI is InChI=1S/C25H40O2/c1-3-25(16-17-25)13-8-5-4-6-10-20-18-23(27)21(19-22(20)26)11-7-9-12-24(2)14-15-24/h18-19,26-27H,3-17H2,1-2H3. The summed E-state index contributed by atoms with van der Waals surface area (Å²) in [5.74, 6) is 0.749. The molecule has 27 heavy (non-hydrogen) atoms. The van der Waals surface area contributed by atoms with E-state index < -0.39 is 0 Å². The number of phenols is 2. The molecule has 1 aromatic carbocycles. The van der Waals surface area contributed by atoms with Crippen molar-refractivity contribution in [2.75, 3.05) is 0 Å². The first-order valence-corrected chi connectivity index (χ1v) is 11.5. The molecule has 2 N–H and O–H groups in total. The minimum absolute atomic E-state index is 0.374. The van der Waals surface area contributed by atoms with Gasteiger partial charge in [-0.05, 0) is 98.3 Å². The van der Waals surface area contributed by atoms with Gasteiger partial charge in [0.1, 0.15) is 11.5 Å². The number of aryl methyl sites for hydroxylation is 2. The predicted molar refractivity (Wildman–Crippen MR) is 113 cm³/mol. The van der Waals surface area contributed by atoms with E-state index in [0.717, 1.165) is 42.2 Å². The molecule has 0 radical (unpaired) electrons. The number of phenolic OH excluding ortho intramolecular Hbond substituents is 2. The highest BCUT2D eigenvalue weighted by Crippen LogP contribution is 2.52. The summed E-state index contributed by atoms with van der Waals surface area (Å²) in [5.41, 5.74) is 3.15. The van der Waals surface area contributed by atoms with E-state index in [0.29, 0.717) is 16.9 Å². The summed E-state index contributed by atoms with van der Waals surface area (Å²) >= 11 is 0. The van der Waals surface area contributed by atoms with Gasteiger partial charge in [-0.25, -0.2) is 0 Å². The molecule has 2 aliphatic rings. The SMILES string of the molecule is CCC1(CCCCCCc2cc(O)c(CCCCC3(C)CC3)cc2O)CC1. The molecular weight excluding hydrogens is 332 g/mol. The van der Waals surface area contributed by atoms with Crippen molar-refractivity contribution in [3.8, 4) is 11.5 Å². The number of hydrogen-bond acceptors (Lipinski definition) is 2. The van der Waals surface area contributed by atoms with Gasteiger partial charge in [-0.15, -0.1) is 0 Å². The maximum absolute atomic E-state index is 10.4.